The van der Waals surface area contributed by atoms with E-state index in [9.17, 15) is 4.79 Å². The molecule has 1 unspecified atom stereocenters. The van der Waals surface area contributed by atoms with Gasteiger partial charge < -0.3 is 9.47 Å². The topological polar surface area (TPSA) is 79.1 Å². The van der Waals surface area contributed by atoms with Crippen LogP contribution in [0.5, 0.6) is 0 Å². The number of nitrogens with zero attached hydrogens (tertiary/aromatic N) is 4. The molecule has 0 radical (unpaired) electrons. The number of hydrogen-bond acceptors (Lipinski definition) is 6. The molecule has 0 aromatic carbocycles. The second-order valence-corrected chi connectivity index (χ2v) is 6.32. The Balaban J connectivity index is 2.03. The number of fused-ring (bicyclic) bond motifs is 1. The fourth-order valence-corrected chi connectivity index (χ4v) is 3.15. The van der Waals surface area contributed by atoms with Crippen LogP contribution >= 0.6 is 34.2 Å². The standard InChI is InChI=1S/C13H14ClIN4O3/c1-21-9(20)6-7-11(14)17-13-10(16-7)12(15)18-19(13)8-4-2-3-5-22-8/h8H,2-6H2,1H3. The van der Waals surface area contributed by atoms with Crippen LogP contribution in [0, 0.1) is 3.70 Å². The summed E-state index contributed by atoms with van der Waals surface area (Å²) in [6.45, 7) is 0.712. The van der Waals surface area contributed by atoms with E-state index in [-0.39, 0.29) is 17.8 Å². The van der Waals surface area contributed by atoms with E-state index < -0.39 is 5.97 Å². The molecule has 0 saturated carbocycles. The van der Waals surface area contributed by atoms with Gasteiger partial charge in [0.1, 0.15) is 5.52 Å². The summed E-state index contributed by atoms with van der Waals surface area (Å²) in [5, 5.41) is 4.66. The maximum atomic E-state index is 11.4. The summed E-state index contributed by atoms with van der Waals surface area (Å²) in [6, 6.07) is 0. The number of carbonyl (C=O) groups is 1. The Morgan fingerprint density at radius 3 is 3.00 bits per heavy atom. The largest absolute Gasteiger partial charge is 0.469 e. The van der Waals surface area contributed by atoms with Gasteiger partial charge in [-0.3, -0.25) is 4.79 Å². The molecule has 7 nitrogen and oxygen atoms in total. The average molecular weight is 437 g/mol. The molecule has 3 heterocycles. The van der Waals surface area contributed by atoms with Crippen LogP contribution < -0.4 is 0 Å². The zero-order chi connectivity index (χ0) is 15.7. The first kappa shape index (κ1) is 15.9. The molecular formula is C13H14ClIN4O3. The summed E-state index contributed by atoms with van der Waals surface area (Å²) >= 11 is 8.26. The molecule has 1 aliphatic heterocycles. The van der Waals surface area contributed by atoms with E-state index in [1.165, 1.54) is 7.11 Å². The molecule has 0 amide bonds. The van der Waals surface area contributed by atoms with Crippen LogP contribution in [0.2, 0.25) is 5.15 Å². The molecule has 118 valence electrons. The molecule has 1 fully saturated rings. The van der Waals surface area contributed by atoms with E-state index in [1.54, 1.807) is 4.68 Å². The van der Waals surface area contributed by atoms with Crippen LogP contribution in [0.1, 0.15) is 31.2 Å². The van der Waals surface area contributed by atoms with Crippen molar-refractivity contribution in [1.82, 2.24) is 19.7 Å². The van der Waals surface area contributed by atoms with Gasteiger partial charge in [0.05, 0.1) is 19.2 Å². The Labute approximate surface area is 145 Å². The lowest BCUT2D eigenvalue weighted by molar-refractivity contribution is -0.139. The maximum absolute atomic E-state index is 11.4. The molecule has 1 aliphatic rings. The molecule has 0 bridgehead atoms. The van der Waals surface area contributed by atoms with Gasteiger partial charge in [-0.2, -0.15) is 5.10 Å². The molecule has 0 N–H and O–H groups in total. The number of aromatic nitrogens is 4. The first-order chi connectivity index (χ1) is 10.6. The molecule has 1 atom stereocenters. The average Bonchev–Trinajstić information content (AvgIpc) is 2.85. The third-order valence-electron chi connectivity index (χ3n) is 3.48. The number of hydrogen-bond donors (Lipinski definition) is 0. The molecular weight excluding hydrogens is 423 g/mol. The zero-order valence-corrected chi connectivity index (χ0v) is 14.8. The molecule has 2 aromatic rings. The monoisotopic (exact) mass is 436 g/mol. The molecule has 3 rings (SSSR count). The molecule has 2 aromatic heterocycles. The van der Waals surface area contributed by atoms with Crippen molar-refractivity contribution in [3.63, 3.8) is 0 Å². The Morgan fingerprint density at radius 2 is 2.32 bits per heavy atom. The quantitative estimate of drug-likeness (QED) is 0.543. The Bertz CT molecular complexity index is 715. The van der Waals surface area contributed by atoms with Crippen molar-refractivity contribution in [3.05, 3.63) is 14.5 Å². The van der Waals surface area contributed by atoms with Crippen molar-refractivity contribution >= 4 is 51.3 Å². The highest BCUT2D eigenvalue weighted by atomic mass is 127. The lowest BCUT2D eigenvalue weighted by atomic mass is 10.2. The second-order valence-electron chi connectivity index (χ2n) is 4.94. The molecule has 22 heavy (non-hydrogen) atoms. The number of halogens is 2. The van der Waals surface area contributed by atoms with Crippen LogP contribution in [-0.4, -0.2) is 39.4 Å². The smallest absolute Gasteiger partial charge is 0.311 e. The van der Waals surface area contributed by atoms with Gasteiger partial charge in [0.15, 0.2) is 20.7 Å². The highest BCUT2D eigenvalue weighted by Crippen LogP contribution is 2.28. The molecule has 1 saturated heterocycles. The lowest BCUT2D eigenvalue weighted by Gasteiger charge is -2.22. The van der Waals surface area contributed by atoms with Crippen molar-refractivity contribution in [2.75, 3.05) is 13.7 Å². The summed E-state index contributed by atoms with van der Waals surface area (Å²) in [5.41, 5.74) is 1.59. The van der Waals surface area contributed by atoms with Gasteiger partial charge in [0, 0.05) is 6.61 Å². The minimum atomic E-state index is -0.409. The van der Waals surface area contributed by atoms with E-state index >= 15 is 0 Å². The fraction of sp³-hybridized carbons (Fsp3) is 0.538. The van der Waals surface area contributed by atoms with E-state index in [0.717, 1.165) is 19.3 Å². The molecule has 0 spiro atoms. The second kappa shape index (κ2) is 6.63. The van der Waals surface area contributed by atoms with E-state index in [1.807, 2.05) is 0 Å². The number of methoxy groups -OCH3 is 1. The lowest BCUT2D eigenvalue weighted by Crippen LogP contribution is -2.19. The maximum Gasteiger partial charge on any atom is 0.311 e. The number of carbonyl (C=O) groups excluding carboxylic acids is 1. The number of ether oxygens (including phenoxy) is 2. The van der Waals surface area contributed by atoms with Crippen molar-refractivity contribution in [3.8, 4) is 0 Å². The van der Waals surface area contributed by atoms with Gasteiger partial charge >= 0.3 is 5.97 Å². The van der Waals surface area contributed by atoms with Crippen LogP contribution in [0.4, 0.5) is 0 Å². The summed E-state index contributed by atoms with van der Waals surface area (Å²) in [4.78, 5) is 20.2. The highest BCUT2D eigenvalue weighted by molar-refractivity contribution is 14.1. The van der Waals surface area contributed by atoms with E-state index in [4.69, 9.17) is 16.3 Å². The van der Waals surface area contributed by atoms with Gasteiger partial charge in [-0.25, -0.2) is 14.6 Å². The van der Waals surface area contributed by atoms with Crippen molar-refractivity contribution in [1.29, 1.82) is 0 Å². The minimum absolute atomic E-state index is 0.0144. The van der Waals surface area contributed by atoms with E-state index in [2.05, 4.69) is 42.4 Å². The predicted octanol–water partition coefficient (Wildman–Crippen LogP) is 2.50. The highest BCUT2D eigenvalue weighted by Gasteiger charge is 2.23. The Hall–Kier alpha value is -1.00. The van der Waals surface area contributed by atoms with Gasteiger partial charge in [-0.05, 0) is 41.9 Å². The third-order valence-corrected chi connectivity index (χ3v) is 4.51. The Morgan fingerprint density at radius 1 is 1.50 bits per heavy atom. The van der Waals surface area contributed by atoms with Crippen molar-refractivity contribution in [2.45, 2.75) is 31.9 Å². The van der Waals surface area contributed by atoms with Gasteiger partial charge in [0.25, 0.3) is 0 Å². The van der Waals surface area contributed by atoms with Crippen molar-refractivity contribution in [2.24, 2.45) is 0 Å². The van der Waals surface area contributed by atoms with Gasteiger partial charge in [0.2, 0.25) is 0 Å². The third kappa shape index (κ3) is 3.04. The fourth-order valence-electron chi connectivity index (χ4n) is 2.37. The van der Waals surface area contributed by atoms with Crippen LogP contribution in [-0.2, 0) is 20.7 Å². The van der Waals surface area contributed by atoms with Crippen LogP contribution in [0.3, 0.4) is 0 Å². The first-order valence-corrected chi connectivity index (χ1v) is 8.34. The molecule has 9 heteroatoms. The summed E-state index contributed by atoms with van der Waals surface area (Å²) in [5.74, 6) is -0.409. The summed E-state index contributed by atoms with van der Waals surface area (Å²) in [7, 11) is 1.32. The summed E-state index contributed by atoms with van der Waals surface area (Å²) in [6.07, 6.45) is 2.87. The minimum Gasteiger partial charge on any atom is -0.469 e. The van der Waals surface area contributed by atoms with Crippen molar-refractivity contribution < 1.29 is 14.3 Å². The molecule has 0 aliphatic carbocycles. The Kier molecular flexibility index (Phi) is 4.79. The van der Waals surface area contributed by atoms with Crippen LogP contribution in [0.25, 0.3) is 11.2 Å². The van der Waals surface area contributed by atoms with E-state index in [0.29, 0.717) is 27.2 Å². The number of rotatable bonds is 3. The van der Waals surface area contributed by atoms with Crippen LogP contribution in [0.15, 0.2) is 0 Å². The van der Waals surface area contributed by atoms with Gasteiger partial charge in [-0.1, -0.05) is 11.6 Å². The first-order valence-electron chi connectivity index (χ1n) is 6.88. The SMILES string of the molecule is COC(=O)Cc1nc2c(I)nn(C3CCCCO3)c2nc1Cl. The normalized spacial score (nSPS) is 18.6. The van der Waals surface area contributed by atoms with Gasteiger partial charge in [-0.15, -0.1) is 0 Å². The number of esters is 1. The summed E-state index contributed by atoms with van der Waals surface area (Å²) < 4.78 is 12.8. The zero-order valence-electron chi connectivity index (χ0n) is 11.9. The predicted molar refractivity (Wildman–Crippen MR) is 87.6 cm³/mol.